The Labute approximate surface area is 119 Å². The number of carboxylic acid groups (broad SMARTS) is 1. The van der Waals surface area contributed by atoms with Crippen LogP contribution in [0.2, 0.25) is 0 Å². The Kier molecular flexibility index (Phi) is 4.16. The molecule has 0 aliphatic heterocycles. The zero-order valence-electron chi connectivity index (χ0n) is 12.3. The summed E-state index contributed by atoms with van der Waals surface area (Å²) >= 11 is 0. The summed E-state index contributed by atoms with van der Waals surface area (Å²) in [6.45, 7) is 5.96. The lowest BCUT2D eigenvalue weighted by atomic mass is 9.89. The molecule has 0 bridgehead atoms. The quantitative estimate of drug-likeness (QED) is 0.884. The average Bonchev–Trinajstić information content (AvgIpc) is 2.64. The van der Waals surface area contributed by atoms with Crippen molar-refractivity contribution in [2.75, 3.05) is 6.61 Å². The van der Waals surface area contributed by atoms with Gasteiger partial charge in [-0.1, -0.05) is 45.0 Å². The highest BCUT2D eigenvalue weighted by atomic mass is 16.5. The third-order valence-corrected chi connectivity index (χ3v) is 3.88. The predicted molar refractivity (Wildman–Crippen MR) is 77.7 cm³/mol. The maximum Gasteiger partial charge on any atom is 0.333 e. The molecule has 0 saturated heterocycles. The predicted octanol–water partition coefficient (Wildman–Crippen LogP) is 2.17. The van der Waals surface area contributed by atoms with E-state index in [9.17, 15) is 9.90 Å². The fraction of sp³-hybridized carbons (Fsp3) is 0.562. The van der Waals surface area contributed by atoms with Gasteiger partial charge in [0, 0.05) is 12.0 Å². The van der Waals surface area contributed by atoms with E-state index in [0.29, 0.717) is 6.61 Å². The van der Waals surface area contributed by atoms with Crippen molar-refractivity contribution in [3.8, 4) is 0 Å². The summed E-state index contributed by atoms with van der Waals surface area (Å²) in [7, 11) is 0. The number of hydrogen-bond donors (Lipinski definition) is 2. The van der Waals surface area contributed by atoms with Crippen molar-refractivity contribution < 1.29 is 14.6 Å². The fourth-order valence-corrected chi connectivity index (χ4v) is 2.81. The molecule has 0 radical (unpaired) electrons. The molecule has 0 aromatic heterocycles. The number of fused-ring (bicyclic) bond motifs is 1. The molecular formula is C16H23NO3. The maximum absolute atomic E-state index is 11.3. The third kappa shape index (κ3) is 3.02. The first-order chi connectivity index (χ1) is 9.30. The number of carboxylic acids is 1. The van der Waals surface area contributed by atoms with E-state index in [-0.39, 0.29) is 12.0 Å². The van der Waals surface area contributed by atoms with Crippen LogP contribution in [0.1, 0.15) is 37.8 Å². The van der Waals surface area contributed by atoms with Gasteiger partial charge in [-0.15, -0.1) is 0 Å². The highest BCUT2D eigenvalue weighted by Crippen LogP contribution is 2.33. The molecule has 3 N–H and O–H groups in total. The molecule has 4 heteroatoms. The van der Waals surface area contributed by atoms with Crippen LogP contribution in [0.3, 0.4) is 0 Å². The summed E-state index contributed by atoms with van der Waals surface area (Å²) in [4.78, 5) is 11.3. The molecule has 4 nitrogen and oxygen atoms in total. The third-order valence-electron chi connectivity index (χ3n) is 3.88. The Morgan fingerprint density at radius 1 is 1.45 bits per heavy atom. The second kappa shape index (κ2) is 5.54. The molecule has 0 fully saturated rings. The van der Waals surface area contributed by atoms with Crippen molar-refractivity contribution in [2.45, 2.75) is 45.3 Å². The zero-order chi connectivity index (χ0) is 14.9. The lowest BCUT2D eigenvalue weighted by molar-refractivity contribution is -0.158. The summed E-state index contributed by atoms with van der Waals surface area (Å²) in [5.74, 6) is -0.840. The Hall–Kier alpha value is -1.39. The zero-order valence-corrected chi connectivity index (χ0v) is 12.3. The topological polar surface area (TPSA) is 72.5 Å². The van der Waals surface area contributed by atoms with Crippen molar-refractivity contribution in [3.05, 3.63) is 35.4 Å². The standard InChI is InChI=1S/C16H23NO3/c1-16(2,3)14(15(18)19)20-9-12-11-7-5-4-6-10(11)8-13(12)17/h4-7,12-14H,8-9,17H2,1-3H3,(H,18,19)/t12-,13-,14?/m1/s1. The average molecular weight is 277 g/mol. The van der Waals surface area contributed by atoms with Gasteiger partial charge in [-0.3, -0.25) is 0 Å². The number of hydrogen-bond acceptors (Lipinski definition) is 3. The smallest absolute Gasteiger partial charge is 0.333 e. The van der Waals surface area contributed by atoms with E-state index in [2.05, 4.69) is 12.1 Å². The molecule has 3 atom stereocenters. The van der Waals surface area contributed by atoms with E-state index in [1.54, 1.807) is 0 Å². The summed E-state index contributed by atoms with van der Waals surface area (Å²) in [5.41, 5.74) is 8.18. The van der Waals surface area contributed by atoms with Gasteiger partial charge in [0.2, 0.25) is 0 Å². The van der Waals surface area contributed by atoms with E-state index < -0.39 is 17.5 Å². The van der Waals surface area contributed by atoms with E-state index >= 15 is 0 Å². The maximum atomic E-state index is 11.3. The molecule has 2 rings (SSSR count). The number of carbonyl (C=O) groups is 1. The Morgan fingerprint density at radius 3 is 2.70 bits per heavy atom. The van der Waals surface area contributed by atoms with Crippen molar-refractivity contribution in [3.63, 3.8) is 0 Å². The van der Waals surface area contributed by atoms with Crippen LogP contribution in [-0.2, 0) is 16.0 Å². The van der Waals surface area contributed by atoms with Crippen LogP contribution in [0.25, 0.3) is 0 Å². The second-order valence-electron chi connectivity index (χ2n) is 6.59. The monoisotopic (exact) mass is 277 g/mol. The van der Waals surface area contributed by atoms with Crippen molar-refractivity contribution in [2.24, 2.45) is 11.1 Å². The van der Waals surface area contributed by atoms with Gasteiger partial charge in [0.1, 0.15) is 0 Å². The lowest BCUT2D eigenvalue weighted by Crippen LogP contribution is -2.39. The molecule has 1 aromatic carbocycles. The molecular weight excluding hydrogens is 254 g/mol. The second-order valence-corrected chi connectivity index (χ2v) is 6.59. The minimum atomic E-state index is -0.919. The van der Waals surface area contributed by atoms with Gasteiger partial charge in [0.15, 0.2) is 6.10 Å². The highest BCUT2D eigenvalue weighted by molar-refractivity contribution is 5.73. The van der Waals surface area contributed by atoms with Crippen LogP contribution >= 0.6 is 0 Å². The van der Waals surface area contributed by atoms with Crippen LogP contribution in [0.5, 0.6) is 0 Å². The SMILES string of the molecule is CC(C)(C)C(OC[C@@H]1c2ccccc2C[C@H]1N)C(=O)O. The molecule has 1 aliphatic carbocycles. The molecule has 1 unspecified atom stereocenters. The number of ether oxygens (including phenoxy) is 1. The van der Waals surface area contributed by atoms with Crippen LogP contribution in [-0.4, -0.2) is 29.8 Å². The number of nitrogens with two attached hydrogens (primary N) is 1. The Balaban J connectivity index is 2.09. The molecule has 0 heterocycles. The summed E-state index contributed by atoms with van der Waals surface area (Å²) in [6, 6.07) is 8.13. The fourth-order valence-electron chi connectivity index (χ4n) is 2.81. The largest absolute Gasteiger partial charge is 0.479 e. The van der Waals surface area contributed by atoms with E-state index in [0.717, 1.165) is 6.42 Å². The first-order valence-electron chi connectivity index (χ1n) is 6.98. The Bertz CT molecular complexity index is 493. The summed E-state index contributed by atoms with van der Waals surface area (Å²) in [6.07, 6.45) is 0.0136. The van der Waals surface area contributed by atoms with Gasteiger partial charge in [0.05, 0.1) is 6.61 Å². The minimum Gasteiger partial charge on any atom is -0.479 e. The van der Waals surface area contributed by atoms with E-state index in [1.807, 2.05) is 32.9 Å². The Morgan fingerprint density at radius 2 is 2.10 bits per heavy atom. The van der Waals surface area contributed by atoms with Gasteiger partial charge in [-0.25, -0.2) is 4.79 Å². The molecule has 110 valence electrons. The van der Waals surface area contributed by atoms with Crippen molar-refractivity contribution >= 4 is 5.97 Å². The first-order valence-corrected chi connectivity index (χ1v) is 6.98. The van der Waals surface area contributed by atoms with Crippen LogP contribution in [0.4, 0.5) is 0 Å². The van der Waals surface area contributed by atoms with Crippen molar-refractivity contribution in [1.82, 2.24) is 0 Å². The first kappa shape index (κ1) is 15.0. The van der Waals surface area contributed by atoms with Gasteiger partial charge in [-0.05, 0) is 23.0 Å². The van der Waals surface area contributed by atoms with Gasteiger partial charge in [0.25, 0.3) is 0 Å². The van der Waals surface area contributed by atoms with Gasteiger partial charge in [-0.2, -0.15) is 0 Å². The van der Waals surface area contributed by atoms with Crippen LogP contribution in [0.15, 0.2) is 24.3 Å². The number of rotatable bonds is 4. The molecule has 0 amide bonds. The molecule has 1 aromatic rings. The molecule has 0 spiro atoms. The summed E-state index contributed by atoms with van der Waals surface area (Å²) in [5, 5.41) is 9.29. The van der Waals surface area contributed by atoms with Crippen molar-refractivity contribution in [1.29, 1.82) is 0 Å². The molecule has 20 heavy (non-hydrogen) atoms. The van der Waals surface area contributed by atoms with E-state index in [4.69, 9.17) is 10.5 Å². The van der Waals surface area contributed by atoms with E-state index in [1.165, 1.54) is 11.1 Å². The normalized spacial score (nSPS) is 23.4. The summed E-state index contributed by atoms with van der Waals surface area (Å²) < 4.78 is 5.70. The highest BCUT2D eigenvalue weighted by Gasteiger charge is 2.35. The number of benzene rings is 1. The molecule has 1 aliphatic rings. The van der Waals surface area contributed by atoms with Gasteiger partial charge >= 0.3 is 5.97 Å². The lowest BCUT2D eigenvalue weighted by Gasteiger charge is -2.29. The minimum absolute atomic E-state index is 0.00168. The van der Waals surface area contributed by atoms with Gasteiger partial charge < -0.3 is 15.6 Å². The number of aliphatic carboxylic acids is 1. The van der Waals surface area contributed by atoms with Crippen LogP contribution in [0, 0.1) is 5.41 Å². The molecule has 0 saturated carbocycles. The van der Waals surface area contributed by atoms with Crippen LogP contribution < -0.4 is 5.73 Å².